The van der Waals surface area contributed by atoms with E-state index in [-0.39, 0.29) is 5.78 Å². The third kappa shape index (κ3) is 5.03. The minimum absolute atomic E-state index is 0.288. The first-order valence-corrected chi connectivity index (χ1v) is 9.79. The Kier molecular flexibility index (Phi) is 5.66. The second-order valence-corrected chi connectivity index (χ2v) is 7.40. The molecule has 0 N–H and O–H groups in total. The van der Waals surface area contributed by atoms with Gasteiger partial charge in [0.2, 0.25) is 0 Å². The highest BCUT2D eigenvalue weighted by atomic mass is 32.1. The van der Waals surface area contributed by atoms with Crippen LogP contribution < -0.4 is 9.05 Å². The van der Waals surface area contributed by atoms with Crippen LogP contribution in [-0.4, -0.2) is 12.4 Å². The van der Waals surface area contributed by atoms with Gasteiger partial charge in [-0.1, -0.05) is 42.5 Å². The van der Waals surface area contributed by atoms with Crippen molar-refractivity contribution in [2.24, 2.45) is 0 Å². The number of para-hydroxylation sites is 2. The topological polar surface area (TPSA) is 61.8 Å². The number of ketones is 1. The number of carbonyl (C=O) groups excluding carboxylic acids is 1. The van der Waals surface area contributed by atoms with E-state index in [0.717, 1.165) is 0 Å². The molecule has 0 aliphatic heterocycles. The van der Waals surface area contributed by atoms with Crippen molar-refractivity contribution >= 4 is 24.9 Å². The number of phosphoric ester groups is 1. The highest BCUT2D eigenvalue weighted by Crippen LogP contribution is 2.49. The van der Waals surface area contributed by atoms with Gasteiger partial charge in [-0.25, -0.2) is 4.57 Å². The van der Waals surface area contributed by atoms with Crippen LogP contribution in [0.2, 0.25) is 0 Å². The van der Waals surface area contributed by atoms with Crippen LogP contribution in [0.25, 0.3) is 0 Å². The second-order valence-electron chi connectivity index (χ2n) is 4.93. The lowest BCUT2D eigenvalue weighted by Gasteiger charge is -2.18. The highest BCUT2D eigenvalue weighted by Gasteiger charge is 2.32. The molecule has 0 saturated heterocycles. The number of rotatable bonds is 8. The number of hydrogen-bond donors (Lipinski definition) is 0. The molecule has 3 rings (SSSR count). The Balaban J connectivity index is 1.76. The van der Waals surface area contributed by atoms with Crippen molar-refractivity contribution < 1.29 is 22.9 Å². The maximum absolute atomic E-state index is 13.0. The van der Waals surface area contributed by atoms with Crippen LogP contribution in [0, 0.1) is 0 Å². The number of phosphoric acid groups is 1. The minimum atomic E-state index is -4.04. The fraction of sp³-hybridized carbons (Fsp3) is 0.0556. The Morgan fingerprint density at radius 2 is 1.40 bits per heavy atom. The molecule has 0 aliphatic carbocycles. The van der Waals surface area contributed by atoms with Crippen LogP contribution in [0.15, 0.2) is 78.2 Å². The van der Waals surface area contributed by atoms with Gasteiger partial charge in [0, 0.05) is 0 Å². The van der Waals surface area contributed by atoms with Crippen LogP contribution in [-0.2, 0) is 9.09 Å². The SMILES string of the molecule is O=C(COP(=O)(Oc1ccccc1)Oc1ccccc1)c1cccs1. The quantitative estimate of drug-likeness (QED) is 0.400. The standard InChI is InChI=1S/C18H15O5PS/c19-17(18-12-7-13-25-18)14-21-24(20,22-15-8-3-1-4-9-15)23-16-10-5-2-6-11-16/h1-13H,14H2. The minimum Gasteiger partial charge on any atom is -0.395 e. The highest BCUT2D eigenvalue weighted by molar-refractivity contribution is 7.49. The first-order chi connectivity index (χ1) is 12.1. The van der Waals surface area contributed by atoms with Crippen molar-refractivity contribution in [3.63, 3.8) is 0 Å². The summed E-state index contributed by atoms with van der Waals surface area (Å²) in [5.41, 5.74) is 0. The van der Waals surface area contributed by atoms with Crippen LogP contribution in [0.1, 0.15) is 9.67 Å². The lowest BCUT2D eigenvalue weighted by Crippen LogP contribution is -2.11. The van der Waals surface area contributed by atoms with E-state index in [1.165, 1.54) is 11.3 Å². The van der Waals surface area contributed by atoms with Crippen molar-refractivity contribution in [2.45, 2.75) is 0 Å². The molecule has 0 spiro atoms. The Bertz CT molecular complexity index is 804. The maximum Gasteiger partial charge on any atom is 0.588 e. The molecular formula is C18H15O5PS. The van der Waals surface area contributed by atoms with Gasteiger partial charge in [-0.15, -0.1) is 11.3 Å². The van der Waals surface area contributed by atoms with Crippen molar-refractivity contribution in [3.8, 4) is 11.5 Å². The van der Waals surface area contributed by atoms with E-state index < -0.39 is 14.4 Å². The van der Waals surface area contributed by atoms with Gasteiger partial charge >= 0.3 is 7.82 Å². The summed E-state index contributed by atoms with van der Waals surface area (Å²) in [6.07, 6.45) is 0. The molecule has 0 aliphatic rings. The zero-order valence-electron chi connectivity index (χ0n) is 13.1. The lowest BCUT2D eigenvalue weighted by atomic mass is 10.3. The smallest absolute Gasteiger partial charge is 0.395 e. The fourth-order valence-corrected chi connectivity index (χ4v) is 3.77. The summed E-state index contributed by atoms with van der Waals surface area (Å²) in [4.78, 5) is 12.6. The third-order valence-corrected chi connectivity index (χ3v) is 5.30. The molecule has 1 heterocycles. The summed E-state index contributed by atoms with van der Waals surface area (Å²) in [6, 6.07) is 20.5. The molecule has 0 saturated carbocycles. The predicted molar refractivity (Wildman–Crippen MR) is 96.3 cm³/mol. The van der Waals surface area contributed by atoms with Crippen LogP contribution >= 0.6 is 19.2 Å². The van der Waals surface area contributed by atoms with Crippen molar-refractivity contribution in [1.29, 1.82) is 0 Å². The summed E-state index contributed by atoms with van der Waals surface area (Å²) in [7, 11) is -4.04. The summed E-state index contributed by atoms with van der Waals surface area (Å²) >= 11 is 1.29. The number of hydrogen-bond acceptors (Lipinski definition) is 6. The summed E-state index contributed by atoms with van der Waals surface area (Å²) in [6.45, 7) is -0.405. The Morgan fingerprint density at radius 3 is 1.88 bits per heavy atom. The van der Waals surface area contributed by atoms with Crippen molar-refractivity contribution in [3.05, 3.63) is 83.1 Å². The molecule has 5 nitrogen and oxygen atoms in total. The summed E-state index contributed by atoms with van der Waals surface area (Å²) in [5.74, 6) is 0.360. The van der Waals surface area contributed by atoms with E-state index in [1.807, 2.05) is 0 Å². The molecule has 0 amide bonds. The van der Waals surface area contributed by atoms with E-state index in [1.54, 1.807) is 78.2 Å². The van der Waals surface area contributed by atoms with Gasteiger partial charge in [-0.3, -0.25) is 9.32 Å². The first kappa shape index (κ1) is 17.4. The Hall–Kier alpha value is -2.40. The van der Waals surface area contributed by atoms with Gasteiger partial charge in [0.1, 0.15) is 18.1 Å². The molecule has 0 radical (unpaired) electrons. The summed E-state index contributed by atoms with van der Waals surface area (Å²) < 4.78 is 29.2. The van der Waals surface area contributed by atoms with E-state index in [0.29, 0.717) is 16.4 Å². The molecule has 128 valence electrons. The lowest BCUT2D eigenvalue weighted by molar-refractivity contribution is 0.0896. The molecule has 0 atom stereocenters. The monoisotopic (exact) mass is 374 g/mol. The largest absolute Gasteiger partial charge is 0.588 e. The molecule has 3 aromatic rings. The fourth-order valence-electron chi connectivity index (χ4n) is 1.94. The van der Waals surface area contributed by atoms with Gasteiger partial charge < -0.3 is 9.05 Å². The number of thiophene rings is 1. The van der Waals surface area contributed by atoms with Crippen LogP contribution in [0.5, 0.6) is 11.5 Å². The zero-order valence-corrected chi connectivity index (χ0v) is 14.8. The van der Waals surface area contributed by atoms with Crippen molar-refractivity contribution in [2.75, 3.05) is 6.61 Å². The van der Waals surface area contributed by atoms with Crippen LogP contribution in [0.4, 0.5) is 0 Å². The van der Waals surface area contributed by atoms with Gasteiger partial charge in [0.25, 0.3) is 0 Å². The normalized spacial score (nSPS) is 11.0. The third-order valence-electron chi connectivity index (χ3n) is 3.07. The molecule has 0 bridgehead atoms. The summed E-state index contributed by atoms with van der Waals surface area (Å²) in [5, 5.41) is 1.79. The average molecular weight is 374 g/mol. The maximum atomic E-state index is 13.0. The van der Waals surface area contributed by atoms with E-state index in [2.05, 4.69) is 0 Å². The van der Waals surface area contributed by atoms with E-state index >= 15 is 0 Å². The van der Waals surface area contributed by atoms with Gasteiger partial charge in [0.05, 0.1) is 4.88 Å². The van der Waals surface area contributed by atoms with Gasteiger partial charge in [0.15, 0.2) is 5.78 Å². The molecule has 0 fully saturated rings. The zero-order chi connectivity index (χ0) is 17.5. The van der Waals surface area contributed by atoms with E-state index in [4.69, 9.17) is 13.6 Å². The molecule has 7 heteroatoms. The van der Waals surface area contributed by atoms with E-state index in [9.17, 15) is 9.36 Å². The number of Topliss-reactive ketones (excluding diaryl/α,β-unsaturated/α-hetero) is 1. The van der Waals surface area contributed by atoms with Gasteiger partial charge in [-0.2, -0.15) is 0 Å². The second kappa shape index (κ2) is 8.12. The van der Waals surface area contributed by atoms with Crippen molar-refractivity contribution in [1.82, 2.24) is 0 Å². The Labute approximate surface area is 149 Å². The number of benzene rings is 2. The van der Waals surface area contributed by atoms with Crippen LogP contribution in [0.3, 0.4) is 0 Å². The Morgan fingerprint density at radius 1 is 0.840 bits per heavy atom. The average Bonchev–Trinajstić information content (AvgIpc) is 3.16. The predicted octanol–water partition coefficient (Wildman–Crippen LogP) is 5.21. The molecule has 25 heavy (non-hydrogen) atoms. The molecule has 1 aromatic heterocycles. The first-order valence-electron chi connectivity index (χ1n) is 7.45. The number of carbonyl (C=O) groups is 1. The molecule has 2 aromatic carbocycles. The molecule has 0 unspecified atom stereocenters. The molecular weight excluding hydrogens is 359 g/mol. The van der Waals surface area contributed by atoms with Gasteiger partial charge in [-0.05, 0) is 35.7 Å².